The third kappa shape index (κ3) is 3.16. The number of halogens is 1. The van der Waals surface area contributed by atoms with E-state index in [4.69, 9.17) is 16.3 Å². The van der Waals surface area contributed by atoms with E-state index < -0.39 is 0 Å². The molecule has 1 N–H and O–H groups in total. The summed E-state index contributed by atoms with van der Waals surface area (Å²) in [7, 11) is 3.43. The fourth-order valence-electron chi connectivity index (χ4n) is 2.31. The second-order valence-electron chi connectivity index (χ2n) is 4.67. The number of methoxy groups -OCH3 is 1. The maximum Gasteiger partial charge on any atom is 0.255 e. The van der Waals surface area contributed by atoms with Crippen molar-refractivity contribution < 1.29 is 9.53 Å². The molecule has 1 amide bonds. The normalized spacial score (nSPS) is 18.7. The number of pyridine rings is 1. The van der Waals surface area contributed by atoms with E-state index in [9.17, 15) is 4.79 Å². The number of rotatable bonds is 4. The van der Waals surface area contributed by atoms with Gasteiger partial charge in [0.05, 0.1) is 17.2 Å². The second kappa shape index (κ2) is 6.21. The Hall–Kier alpha value is -1.33. The molecule has 1 aromatic heterocycles. The van der Waals surface area contributed by atoms with Gasteiger partial charge in [0.1, 0.15) is 5.82 Å². The van der Waals surface area contributed by atoms with E-state index in [-0.39, 0.29) is 5.91 Å². The molecule has 0 aromatic carbocycles. The van der Waals surface area contributed by atoms with Crippen LogP contribution < -0.4 is 5.32 Å². The molecule has 2 heterocycles. The molecule has 1 atom stereocenters. The first-order chi connectivity index (χ1) is 9.15. The highest BCUT2D eigenvalue weighted by atomic mass is 35.5. The molecule has 1 aliphatic rings. The number of nitrogens with zero attached hydrogens (tertiary/aromatic N) is 2. The molecule has 0 radical (unpaired) electrons. The van der Waals surface area contributed by atoms with E-state index >= 15 is 0 Å². The molecule has 0 spiro atoms. The molecular weight excluding hydrogens is 266 g/mol. The Kier molecular flexibility index (Phi) is 4.61. The molecule has 104 valence electrons. The lowest BCUT2D eigenvalue weighted by Gasteiger charge is -2.16. The van der Waals surface area contributed by atoms with Gasteiger partial charge < -0.3 is 15.0 Å². The number of carbonyl (C=O) groups is 1. The molecule has 1 aliphatic heterocycles. The maximum absolute atomic E-state index is 12.3. The Labute approximate surface area is 117 Å². The van der Waals surface area contributed by atoms with Gasteiger partial charge in [-0.1, -0.05) is 11.6 Å². The molecule has 5 nitrogen and oxygen atoms in total. The fraction of sp³-hybridized carbons (Fsp3) is 0.538. The zero-order chi connectivity index (χ0) is 13.8. The Balaban J connectivity index is 2.06. The summed E-state index contributed by atoms with van der Waals surface area (Å²) < 4.78 is 5.13. The number of aromatic nitrogens is 1. The molecule has 0 aliphatic carbocycles. The Morgan fingerprint density at radius 2 is 2.47 bits per heavy atom. The van der Waals surface area contributed by atoms with Crippen LogP contribution in [0.2, 0.25) is 5.02 Å². The van der Waals surface area contributed by atoms with Gasteiger partial charge in [0.15, 0.2) is 0 Å². The minimum atomic E-state index is -0.0179. The summed E-state index contributed by atoms with van der Waals surface area (Å²) in [5, 5.41) is 3.33. The van der Waals surface area contributed by atoms with Crippen molar-refractivity contribution in [2.45, 2.75) is 6.42 Å². The first kappa shape index (κ1) is 14.1. The van der Waals surface area contributed by atoms with Gasteiger partial charge in [0, 0.05) is 39.4 Å². The molecule has 1 aromatic rings. The first-order valence-corrected chi connectivity index (χ1v) is 6.65. The number of hydrogen-bond acceptors (Lipinski definition) is 4. The van der Waals surface area contributed by atoms with E-state index in [1.807, 2.05) is 4.90 Å². The van der Waals surface area contributed by atoms with Crippen molar-refractivity contribution in [3.8, 4) is 0 Å². The quantitative estimate of drug-likeness (QED) is 0.917. The number of nitrogens with one attached hydrogen (secondary N) is 1. The van der Waals surface area contributed by atoms with Crippen molar-refractivity contribution in [1.82, 2.24) is 9.88 Å². The summed E-state index contributed by atoms with van der Waals surface area (Å²) in [6.45, 7) is 2.19. The van der Waals surface area contributed by atoms with E-state index in [1.165, 1.54) is 0 Å². The molecule has 0 saturated carbocycles. The monoisotopic (exact) mass is 283 g/mol. The molecule has 0 bridgehead atoms. The van der Waals surface area contributed by atoms with E-state index in [1.54, 1.807) is 26.4 Å². The number of likely N-dealkylation sites (tertiary alicyclic amines) is 1. The van der Waals surface area contributed by atoms with Crippen molar-refractivity contribution in [2.75, 3.05) is 39.2 Å². The summed E-state index contributed by atoms with van der Waals surface area (Å²) in [5.74, 6) is 0.988. The van der Waals surface area contributed by atoms with E-state index in [2.05, 4.69) is 10.3 Å². The van der Waals surface area contributed by atoms with Gasteiger partial charge in [0.2, 0.25) is 0 Å². The van der Waals surface area contributed by atoms with Gasteiger partial charge in [-0.2, -0.15) is 0 Å². The van der Waals surface area contributed by atoms with Gasteiger partial charge in [-0.25, -0.2) is 4.98 Å². The summed E-state index contributed by atoms with van der Waals surface area (Å²) in [4.78, 5) is 18.3. The van der Waals surface area contributed by atoms with E-state index in [0.717, 1.165) is 19.5 Å². The van der Waals surface area contributed by atoms with Crippen LogP contribution in [-0.4, -0.2) is 49.6 Å². The highest BCUT2D eigenvalue weighted by Crippen LogP contribution is 2.23. The highest BCUT2D eigenvalue weighted by Gasteiger charge is 2.27. The second-order valence-corrected chi connectivity index (χ2v) is 5.07. The summed E-state index contributed by atoms with van der Waals surface area (Å²) in [5.41, 5.74) is 0.530. The average Bonchev–Trinajstić information content (AvgIpc) is 2.87. The third-order valence-corrected chi connectivity index (χ3v) is 3.59. The first-order valence-electron chi connectivity index (χ1n) is 6.27. The Bertz CT molecular complexity index is 467. The van der Waals surface area contributed by atoms with Crippen LogP contribution in [-0.2, 0) is 4.74 Å². The molecule has 1 saturated heterocycles. The molecule has 2 rings (SSSR count). The zero-order valence-electron chi connectivity index (χ0n) is 11.1. The van der Waals surface area contributed by atoms with Crippen LogP contribution in [0.15, 0.2) is 12.3 Å². The van der Waals surface area contributed by atoms with Gasteiger partial charge in [-0.05, 0) is 12.5 Å². The fourth-order valence-corrected chi connectivity index (χ4v) is 2.57. The van der Waals surface area contributed by atoms with Crippen molar-refractivity contribution >= 4 is 23.3 Å². The molecule has 1 fully saturated rings. The topological polar surface area (TPSA) is 54.5 Å². The van der Waals surface area contributed by atoms with Crippen molar-refractivity contribution in [1.29, 1.82) is 0 Å². The van der Waals surface area contributed by atoms with Gasteiger partial charge in [-0.15, -0.1) is 0 Å². The Morgan fingerprint density at radius 3 is 3.11 bits per heavy atom. The van der Waals surface area contributed by atoms with Crippen molar-refractivity contribution in [2.24, 2.45) is 5.92 Å². The largest absolute Gasteiger partial charge is 0.384 e. The standard InChI is InChI=1S/C13H18ClN3O2/c1-15-12-11(14)5-10(6-16-12)13(18)17-4-3-9(7-17)8-19-2/h5-6,9H,3-4,7-8H2,1-2H3,(H,15,16). The predicted octanol–water partition coefficient (Wildman–Crippen LogP) is 1.89. The summed E-state index contributed by atoms with van der Waals surface area (Å²) >= 11 is 6.04. The minimum absolute atomic E-state index is 0.0179. The Morgan fingerprint density at radius 1 is 1.68 bits per heavy atom. The summed E-state index contributed by atoms with van der Waals surface area (Å²) in [6.07, 6.45) is 2.54. The van der Waals surface area contributed by atoms with Gasteiger partial charge in [0.25, 0.3) is 5.91 Å². The number of ether oxygens (including phenoxy) is 1. The van der Waals surface area contributed by atoms with Crippen LogP contribution >= 0.6 is 11.6 Å². The summed E-state index contributed by atoms with van der Waals surface area (Å²) in [6, 6.07) is 1.66. The number of carbonyl (C=O) groups excluding carboxylic acids is 1. The maximum atomic E-state index is 12.3. The van der Waals surface area contributed by atoms with Crippen molar-refractivity contribution in [3.05, 3.63) is 22.8 Å². The molecule has 1 unspecified atom stereocenters. The van der Waals surface area contributed by atoms with Crippen LogP contribution in [0.1, 0.15) is 16.8 Å². The lowest BCUT2D eigenvalue weighted by Crippen LogP contribution is -2.29. The zero-order valence-corrected chi connectivity index (χ0v) is 11.9. The van der Waals surface area contributed by atoms with Crippen LogP contribution in [0, 0.1) is 5.92 Å². The predicted molar refractivity (Wildman–Crippen MR) is 74.7 cm³/mol. The van der Waals surface area contributed by atoms with Crippen LogP contribution in [0.3, 0.4) is 0 Å². The van der Waals surface area contributed by atoms with Crippen molar-refractivity contribution in [3.63, 3.8) is 0 Å². The van der Waals surface area contributed by atoms with Gasteiger partial charge >= 0.3 is 0 Å². The molecular formula is C13H18ClN3O2. The lowest BCUT2D eigenvalue weighted by atomic mass is 10.1. The van der Waals surface area contributed by atoms with E-state index in [0.29, 0.717) is 28.9 Å². The van der Waals surface area contributed by atoms with Crippen LogP contribution in [0.25, 0.3) is 0 Å². The number of amides is 1. The van der Waals surface area contributed by atoms with Gasteiger partial charge in [-0.3, -0.25) is 4.79 Å². The lowest BCUT2D eigenvalue weighted by molar-refractivity contribution is 0.0775. The van der Waals surface area contributed by atoms with Crippen LogP contribution in [0.4, 0.5) is 5.82 Å². The SMILES string of the molecule is CNc1ncc(C(=O)N2CCC(COC)C2)cc1Cl. The molecule has 6 heteroatoms. The minimum Gasteiger partial charge on any atom is -0.384 e. The van der Waals surface area contributed by atoms with Crippen LogP contribution in [0.5, 0.6) is 0 Å². The number of hydrogen-bond donors (Lipinski definition) is 1. The third-order valence-electron chi connectivity index (χ3n) is 3.30. The number of anilines is 1. The smallest absolute Gasteiger partial charge is 0.255 e. The molecule has 19 heavy (non-hydrogen) atoms. The highest BCUT2D eigenvalue weighted by molar-refractivity contribution is 6.33. The average molecular weight is 284 g/mol.